The quantitative estimate of drug-likeness (QED) is 0.236. The number of hydrogen-bond acceptors (Lipinski definition) is 11. The van der Waals surface area contributed by atoms with Gasteiger partial charge in [-0.1, -0.05) is 11.6 Å². The van der Waals surface area contributed by atoms with Crippen LogP contribution in [0.15, 0.2) is 59.3 Å². The summed E-state index contributed by atoms with van der Waals surface area (Å²) in [6.45, 7) is 2.91. The highest BCUT2D eigenvalue weighted by Gasteiger charge is 2.31. The molecule has 0 saturated carbocycles. The number of fused-ring (bicyclic) bond motifs is 2. The first-order valence-corrected chi connectivity index (χ1v) is 17.8. The van der Waals surface area contributed by atoms with Gasteiger partial charge in [0.15, 0.2) is 22.7 Å². The smallest absolute Gasteiger partial charge is 0.283 e. The molecule has 18 heteroatoms. The number of imidazole rings is 1. The molecule has 232 valence electrons. The minimum absolute atomic E-state index is 0.0195. The number of hydrogen-bond donors (Lipinski definition) is 0. The maximum absolute atomic E-state index is 13.3. The Kier molecular flexibility index (Phi) is 8.62. The number of aryl methyl sites for hydroxylation is 1. The molecule has 1 fully saturated rings. The van der Waals surface area contributed by atoms with Crippen molar-refractivity contribution in [1.29, 1.82) is 0 Å². The van der Waals surface area contributed by atoms with Gasteiger partial charge in [0.1, 0.15) is 26.1 Å². The summed E-state index contributed by atoms with van der Waals surface area (Å²) in [5, 5.41) is 0.287. The lowest BCUT2D eigenvalue weighted by molar-refractivity contribution is -0.670. The van der Waals surface area contributed by atoms with Gasteiger partial charge >= 0.3 is 0 Å². The molecule has 2 aromatic carbocycles. The highest BCUT2D eigenvalue weighted by molar-refractivity contribution is 7.89. The van der Waals surface area contributed by atoms with Crippen molar-refractivity contribution in [2.45, 2.75) is 24.2 Å². The van der Waals surface area contributed by atoms with Crippen molar-refractivity contribution in [2.75, 3.05) is 37.1 Å². The third-order valence-corrected chi connectivity index (χ3v) is 10.0. The van der Waals surface area contributed by atoms with E-state index in [9.17, 15) is 34.4 Å². The maximum atomic E-state index is 13.3. The summed E-state index contributed by atoms with van der Waals surface area (Å²) in [7, 11) is -13.5. The van der Waals surface area contributed by atoms with Gasteiger partial charge in [0, 0.05) is 30.3 Å². The number of allylic oxidation sites excluding steroid dienone is 2. The SMILES string of the molecule is CC[n+]1c(C=CC=C2Oc3ccc(Cl)cc3N2CS(=O)(=O)[O-])n(CS(=O)(=O)[O-])c2cc(S(=O)(=O)N3CCOCC3)ccc21. The van der Waals surface area contributed by atoms with Crippen molar-refractivity contribution in [3.63, 3.8) is 0 Å². The fourth-order valence-electron chi connectivity index (χ4n) is 4.95. The molecule has 0 N–H and O–H groups in total. The molecule has 5 rings (SSSR count). The zero-order valence-electron chi connectivity index (χ0n) is 22.6. The monoisotopic (exact) mass is 673 g/mol. The molecule has 2 aliphatic rings. The predicted octanol–water partition coefficient (Wildman–Crippen LogP) is 1.38. The van der Waals surface area contributed by atoms with Gasteiger partial charge in [-0.3, -0.25) is 4.90 Å². The summed E-state index contributed by atoms with van der Waals surface area (Å²) in [5.74, 6) is -1.46. The topological polar surface area (TPSA) is 182 Å². The Morgan fingerprint density at radius 3 is 2.33 bits per heavy atom. The third kappa shape index (κ3) is 6.73. The maximum Gasteiger partial charge on any atom is 0.283 e. The molecule has 0 radical (unpaired) electrons. The number of nitrogens with zero attached hydrogens (tertiary/aromatic N) is 4. The van der Waals surface area contributed by atoms with Crippen LogP contribution in [0.25, 0.3) is 17.1 Å². The number of aromatic nitrogens is 2. The van der Waals surface area contributed by atoms with E-state index in [1.54, 1.807) is 11.5 Å². The van der Waals surface area contributed by atoms with Gasteiger partial charge in [-0.15, -0.1) is 0 Å². The average Bonchev–Trinajstić information content (AvgIpc) is 3.41. The summed E-state index contributed by atoms with van der Waals surface area (Å²) < 4.78 is 112. The minimum atomic E-state index is -4.84. The molecule has 0 aliphatic carbocycles. The highest BCUT2D eigenvalue weighted by atomic mass is 35.5. The van der Waals surface area contributed by atoms with Gasteiger partial charge < -0.3 is 18.6 Å². The van der Waals surface area contributed by atoms with Crippen LogP contribution in [0.3, 0.4) is 0 Å². The normalized spacial score (nSPS) is 17.7. The summed E-state index contributed by atoms with van der Waals surface area (Å²) in [6.07, 6.45) is 4.25. The average molecular weight is 674 g/mol. The Balaban J connectivity index is 1.60. The van der Waals surface area contributed by atoms with Crippen LogP contribution in [0, 0.1) is 0 Å². The second-order valence-electron chi connectivity index (χ2n) is 9.58. The Morgan fingerprint density at radius 2 is 1.67 bits per heavy atom. The molecule has 0 unspecified atom stereocenters. The van der Waals surface area contributed by atoms with Crippen LogP contribution in [-0.4, -0.2) is 75.4 Å². The lowest BCUT2D eigenvalue weighted by Gasteiger charge is -2.25. The van der Waals surface area contributed by atoms with Crippen LogP contribution in [-0.2, 0) is 47.4 Å². The van der Waals surface area contributed by atoms with E-state index in [-0.39, 0.29) is 64.9 Å². The van der Waals surface area contributed by atoms with Crippen LogP contribution in [0.5, 0.6) is 5.75 Å². The molecule has 3 aromatic rings. The minimum Gasteiger partial charge on any atom is -0.747 e. The molecule has 1 aromatic heterocycles. The van der Waals surface area contributed by atoms with Gasteiger partial charge in [0.05, 0.1) is 30.3 Å². The molecular formula is C25H26ClN4O10S3-. The van der Waals surface area contributed by atoms with Crippen LogP contribution >= 0.6 is 11.6 Å². The number of anilines is 1. The van der Waals surface area contributed by atoms with Gasteiger partial charge in [-0.25, -0.2) is 34.4 Å². The summed E-state index contributed by atoms with van der Waals surface area (Å²) in [6, 6.07) is 8.77. The first kappa shape index (κ1) is 31.4. The largest absolute Gasteiger partial charge is 0.747 e. The summed E-state index contributed by atoms with van der Waals surface area (Å²) in [4.78, 5) is 1.05. The Hall–Kier alpha value is -3.03. The molecule has 2 aliphatic heterocycles. The van der Waals surface area contributed by atoms with E-state index >= 15 is 0 Å². The van der Waals surface area contributed by atoms with E-state index in [4.69, 9.17) is 21.1 Å². The number of benzene rings is 2. The molecule has 0 amide bonds. The van der Waals surface area contributed by atoms with E-state index < -0.39 is 42.0 Å². The number of morpholine rings is 1. The standard InChI is InChI=1S/C25H27ClN4O10S3/c1-2-28-20-8-7-19(43(37,38)27-10-12-39-13-11-27)15-21(20)29(16-41(31,32)33)24(28)4-3-5-25-30(17-42(34,35)36)22-14-18(26)6-9-23(22)40-25/h3-9,14-15H,2,10-13,16-17H2,1H3,(H-,31,32,33,34,35,36)/p-1. The first-order chi connectivity index (χ1) is 20.2. The molecule has 43 heavy (non-hydrogen) atoms. The van der Waals surface area contributed by atoms with Crippen molar-refractivity contribution in [3.05, 3.63) is 65.3 Å². The van der Waals surface area contributed by atoms with Crippen molar-refractivity contribution in [3.8, 4) is 5.75 Å². The Labute approximate surface area is 253 Å². The van der Waals surface area contributed by atoms with Gasteiger partial charge in [0.25, 0.3) is 5.82 Å². The van der Waals surface area contributed by atoms with E-state index in [2.05, 4.69) is 0 Å². The van der Waals surface area contributed by atoms with E-state index in [0.717, 1.165) is 4.90 Å². The van der Waals surface area contributed by atoms with E-state index in [1.807, 2.05) is 0 Å². The second kappa shape index (κ2) is 11.8. The first-order valence-electron chi connectivity index (χ1n) is 12.8. The van der Waals surface area contributed by atoms with Crippen molar-refractivity contribution in [1.82, 2.24) is 8.87 Å². The number of rotatable bonds is 9. The van der Waals surface area contributed by atoms with Gasteiger partial charge in [0.2, 0.25) is 15.9 Å². The fraction of sp³-hybridized carbons (Fsp3) is 0.320. The molecule has 1 saturated heterocycles. The predicted molar refractivity (Wildman–Crippen MR) is 153 cm³/mol. The Bertz CT molecular complexity index is 1970. The molecule has 0 atom stereocenters. The van der Waals surface area contributed by atoms with Crippen LogP contribution in [0.4, 0.5) is 5.69 Å². The van der Waals surface area contributed by atoms with Crippen LogP contribution in [0.2, 0.25) is 5.02 Å². The molecular weight excluding hydrogens is 648 g/mol. The van der Waals surface area contributed by atoms with Gasteiger partial charge in [-0.05, 0) is 49.4 Å². The molecule has 0 bridgehead atoms. The van der Waals surface area contributed by atoms with E-state index in [1.165, 1.54) is 63.5 Å². The Morgan fingerprint density at radius 1 is 0.977 bits per heavy atom. The summed E-state index contributed by atoms with van der Waals surface area (Å²) in [5.41, 5.74) is 0.925. The fourth-order valence-corrected chi connectivity index (χ4v) is 7.71. The van der Waals surface area contributed by atoms with E-state index in [0.29, 0.717) is 12.1 Å². The van der Waals surface area contributed by atoms with Gasteiger partial charge in [-0.2, -0.15) is 4.31 Å². The highest BCUT2D eigenvalue weighted by Crippen LogP contribution is 2.40. The lowest BCUT2D eigenvalue weighted by Crippen LogP contribution is -2.40. The number of ether oxygens (including phenoxy) is 2. The van der Waals surface area contributed by atoms with Crippen molar-refractivity contribution < 1.29 is 48.4 Å². The number of halogens is 1. The zero-order chi connectivity index (χ0) is 31.2. The summed E-state index contributed by atoms with van der Waals surface area (Å²) >= 11 is 6.05. The van der Waals surface area contributed by atoms with Crippen molar-refractivity contribution >= 4 is 64.7 Å². The molecule has 3 heterocycles. The number of sulfonamides is 1. The lowest BCUT2D eigenvalue weighted by atomic mass is 10.3. The van der Waals surface area contributed by atoms with Crippen LogP contribution in [0.1, 0.15) is 12.7 Å². The van der Waals surface area contributed by atoms with Crippen LogP contribution < -0.4 is 14.2 Å². The third-order valence-electron chi connectivity index (χ3n) is 6.76. The van der Waals surface area contributed by atoms with Crippen molar-refractivity contribution in [2.24, 2.45) is 0 Å². The zero-order valence-corrected chi connectivity index (χ0v) is 25.8. The second-order valence-corrected chi connectivity index (χ2v) is 14.7. The molecule has 0 spiro atoms. The molecule has 14 nitrogen and oxygen atoms in total.